The van der Waals surface area contributed by atoms with Crippen molar-refractivity contribution in [1.82, 2.24) is 19.8 Å². The summed E-state index contributed by atoms with van der Waals surface area (Å²) >= 11 is 0. The molecular weight excluding hydrogens is 304 g/mol. The van der Waals surface area contributed by atoms with Crippen LogP contribution in [0.1, 0.15) is 38.1 Å². The zero-order chi connectivity index (χ0) is 16.5. The third-order valence-corrected chi connectivity index (χ3v) is 5.37. The third kappa shape index (κ3) is 2.75. The third-order valence-electron chi connectivity index (χ3n) is 5.37. The summed E-state index contributed by atoms with van der Waals surface area (Å²) in [6, 6.07) is 7.96. The van der Waals surface area contributed by atoms with Gasteiger partial charge >= 0.3 is 5.69 Å². The number of benzene rings is 1. The molecule has 1 aromatic carbocycles. The topological polar surface area (TPSA) is 70.1 Å². The van der Waals surface area contributed by atoms with Crippen molar-refractivity contribution in [3.63, 3.8) is 0 Å². The fourth-order valence-electron chi connectivity index (χ4n) is 4.06. The van der Waals surface area contributed by atoms with Gasteiger partial charge in [0.2, 0.25) is 5.91 Å². The fraction of sp³-hybridized carbons (Fsp3) is 0.556. The molecule has 0 radical (unpaired) electrons. The fourth-order valence-corrected chi connectivity index (χ4v) is 4.06. The van der Waals surface area contributed by atoms with E-state index in [4.69, 9.17) is 0 Å². The number of likely N-dealkylation sites (tertiary alicyclic amines) is 1. The molecule has 1 amide bonds. The van der Waals surface area contributed by atoms with E-state index in [-0.39, 0.29) is 23.7 Å². The maximum Gasteiger partial charge on any atom is 0.326 e. The van der Waals surface area contributed by atoms with Gasteiger partial charge in [0.05, 0.1) is 17.1 Å². The summed E-state index contributed by atoms with van der Waals surface area (Å²) in [6.45, 7) is 2.40. The van der Waals surface area contributed by atoms with Crippen molar-refractivity contribution in [2.24, 2.45) is 0 Å². The van der Waals surface area contributed by atoms with Crippen LogP contribution in [0.25, 0.3) is 11.0 Å². The largest absolute Gasteiger partial charge is 0.341 e. The molecule has 2 aliphatic rings. The van der Waals surface area contributed by atoms with E-state index in [1.54, 1.807) is 0 Å². The van der Waals surface area contributed by atoms with E-state index in [9.17, 15) is 9.59 Å². The minimum absolute atomic E-state index is 0.00823. The number of fused-ring (bicyclic) bond motifs is 1. The van der Waals surface area contributed by atoms with Gasteiger partial charge in [0, 0.05) is 19.1 Å². The first-order chi connectivity index (χ1) is 11.7. The van der Waals surface area contributed by atoms with E-state index < -0.39 is 0 Å². The van der Waals surface area contributed by atoms with Crippen LogP contribution in [0.5, 0.6) is 0 Å². The minimum atomic E-state index is -0.0464. The van der Waals surface area contributed by atoms with Crippen LogP contribution in [0.2, 0.25) is 0 Å². The van der Waals surface area contributed by atoms with Gasteiger partial charge < -0.3 is 15.2 Å². The van der Waals surface area contributed by atoms with Crippen LogP contribution >= 0.6 is 0 Å². The highest BCUT2D eigenvalue weighted by molar-refractivity contribution is 5.82. The first kappa shape index (κ1) is 15.4. The lowest BCUT2D eigenvalue weighted by Gasteiger charge is -2.35. The van der Waals surface area contributed by atoms with Crippen LogP contribution in [0.3, 0.4) is 0 Å². The first-order valence-corrected chi connectivity index (χ1v) is 8.95. The number of hydrogen-bond donors (Lipinski definition) is 2. The van der Waals surface area contributed by atoms with Crippen molar-refractivity contribution >= 4 is 16.9 Å². The van der Waals surface area contributed by atoms with Crippen molar-refractivity contribution in [1.29, 1.82) is 0 Å². The summed E-state index contributed by atoms with van der Waals surface area (Å²) in [4.78, 5) is 29.8. The number of rotatable bonds is 2. The Morgan fingerprint density at radius 2 is 1.88 bits per heavy atom. The molecule has 6 nitrogen and oxygen atoms in total. The van der Waals surface area contributed by atoms with Crippen LogP contribution < -0.4 is 11.0 Å². The van der Waals surface area contributed by atoms with E-state index in [2.05, 4.69) is 10.3 Å². The number of carbonyl (C=O) groups excluding carboxylic acids is 1. The molecule has 0 spiro atoms. The molecule has 0 aliphatic carbocycles. The molecule has 2 aromatic rings. The van der Waals surface area contributed by atoms with Crippen LogP contribution in [-0.4, -0.2) is 46.0 Å². The Bertz CT molecular complexity index is 780. The minimum Gasteiger partial charge on any atom is -0.341 e. The van der Waals surface area contributed by atoms with Crippen LogP contribution in [0.15, 0.2) is 29.1 Å². The summed E-state index contributed by atoms with van der Waals surface area (Å²) in [6.07, 6.45) is 4.90. The lowest BCUT2D eigenvalue weighted by atomic mass is 10.00. The summed E-state index contributed by atoms with van der Waals surface area (Å²) in [7, 11) is 0. The Hall–Kier alpha value is -2.08. The van der Waals surface area contributed by atoms with E-state index >= 15 is 0 Å². The Kier molecular flexibility index (Phi) is 4.14. The molecule has 0 saturated carbocycles. The summed E-state index contributed by atoms with van der Waals surface area (Å²) in [5.74, 6) is 0.236. The van der Waals surface area contributed by atoms with Crippen molar-refractivity contribution in [2.45, 2.75) is 44.2 Å². The smallest absolute Gasteiger partial charge is 0.326 e. The van der Waals surface area contributed by atoms with E-state index in [1.807, 2.05) is 33.7 Å². The molecule has 0 bridgehead atoms. The Balaban J connectivity index is 1.46. The number of carbonyl (C=O) groups is 1. The van der Waals surface area contributed by atoms with Gasteiger partial charge in [0.25, 0.3) is 0 Å². The number of nitrogens with one attached hydrogen (secondary N) is 2. The molecule has 3 heterocycles. The average Bonchev–Trinajstić information content (AvgIpc) is 2.98. The highest BCUT2D eigenvalue weighted by atomic mass is 16.2. The molecule has 128 valence electrons. The van der Waals surface area contributed by atoms with Gasteiger partial charge in [0.1, 0.15) is 0 Å². The van der Waals surface area contributed by atoms with Gasteiger partial charge in [-0.3, -0.25) is 9.36 Å². The van der Waals surface area contributed by atoms with Gasteiger partial charge in [-0.15, -0.1) is 0 Å². The molecule has 2 aliphatic heterocycles. The quantitative estimate of drug-likeness (QED) is 0.880. The van der Waals surface area contributed by atoms with Gasteiger partial charge in [-0.05, 0) is 44.4 Å². The molecule has 2 saturated heterocycles. The van der Waals surface area contributed by atoms with Crippen LogP contribution in [-0.2, 0) is 4.79 Å². The SMILES string of the molecule is O=C([C@H]1CCCCN1)N1CCC(n2c(=O)[nH]c3ccccc32)CC1. The van der Waals surface area contributed by atoms with E-state index in [1.165, 1.54) is 0 Å². The average molecular weight is 328 g/mol. The predicted molar refractivity (Wildman–Crippen MR) is 93.1 cm³/mol. The molecule has 6 heteroatoms. The van der Waals surface area contributed by atoms with E-state index in [0.717, 1.165) is 62.8 Å². The Morgan fingerprint density at radius 1 is 1.08 bits per heavy atom. The van der Waals surface area contributed by atoms with Crippen molar-refractivity contribution < 1.29 is 4.79 Å². The first-order valence-electron chi connectivity index (χ1n) is 8.95. The second-order valence-electron chi connectivity index (χ2n) is 6.88. The predicted octanol–water partition coefficient (Wildman–Crippen LogP) is 1.64. The Labute approximate surface area is 140 Å². The second-order valence-corrected chi connectivity index (χ2v) is 6.88. The van der Waals surface area contributed by atoms with E-state index in [0.29, 0.717) is 0 Å². The summed E-state index contributed by atoms with van der Waals surface area (Å²) in [5, 5.41) is 3.34. The highest BCUT2D eigenvalue weighted by Gasteiger charge is 2.30. The van der Waals surface area contributed by atoms with Gasteiger partial charge in [-0.25, -0.2) is 4.79 Å². The number of piperidine rings is 2. The standard InChI is InChI=1S/C18H24N4O2/c23-17(15-6-3-4-10-19-15)21-11-8-13(9-12-21)22-16-7-2-1-5-14(16)20-18(22)24/h1-2,5,7,13,15,19H,3-4,6,8-12H2,(H,20,24)/t15-/m1/s1. The van der Waals surface area contributed by atoms with Gasteiger partial charge in [0.15, 0.2) is 0 Å². The van der Waals surface area contributed by atoms with Crippen LogP contribution in [0.4, 0.5) is 0 Å². The normalized spacial score (nSPS) is 22.8. The van der Waals surface area contributed by atoms with Crippen molar-refractivity contribution in [3.8, 4) is 0 Å². The number of para-hydroxylation sites is 2. The number of H-pyrrole nitrogens is 1. The highest BCUT2D eigenvalue weighted by Crippen LogP contribution is 2.25. The van der Waals surface area contributed by atoms with Crippen molar-refractivity contribution in [3.05, 3.63) is 34.7 Å². The molecule has 0 unspecified atom stereocenters. The lowest BCUT2D eigenvalue weighted by Crippen LogP contribution is -2.51. The summed E-state index contributed by atoms with van der Waals surface area (Å²) < 4.78 is 1.87. The molecule has 4 rings (SSSR count). The zero-order valence-electron chi connectivity index (χ0n) is 13.8. The molecule has 1 atom stereocenters. The van der Waals surface area contributed by atoms with Gasteiger partial charge in [-0.1, -0.05) is 18.6 Å². The van der Waals surface area contributed by atoms with Crippen molar-refractivity contribution in [2.75, 3.05) is 19.6 Å². The zero-order valence-corrected chi connectivity index (χ0v) is 13.8. The number of nitrogens with zero attached hydrogens (tertiary/aromatic N) is 2. The molecule has 2 fully saturated rings. The second kappa shape index (κ2) is 6.43. The molecule has 24 heavy (non-hydrogen) atoms. The maximum atomic E-state index is 12.6. The number of aromatic nitrogens is 2. The number of amides is 1. The summed E-state index contributed by atoms with van der Waals surface area (Å²) in [5.41, 5.74) is 1.79. The Morgan fingerprint density at radius 3 is 2.62 bits per heavy atom. The van der Waals surface area contributed by atoms with Crippen LogP contribution in [0, 0.1) is 0 Å². The maximum absolute atomic E-state index is 12.6. The molecular formula is C18H24N4O2. The lowest BCUT2D eigenvalue weighted by molar-refractivity contribution is -0.135. The number of aromatic amines is 1. The molecule has 2 N–H and O–H groups in total. The monoisotopic (exact) mass is 328 g/mol. The molecule has 1 aromatic heterocycles. The number of hydrogen-bond acceptors (Lipinski definition) is 3. The number of imidazole rings is 1. The van der Waals surface area contributed by atoms with Gasteiger partial charge in [-0.2, -0.15) is 0 Å².